The highest BCUT2D eigenvalue weighted by Crippen LogP contribution is 2.24. The third kappa shape index (κ3) is 2.05. The summed E-state index contributed by atoms with van der Waals surface area (Å²) in [6.45, 7) is 13.0. The predicted molar refractivity (Wildman–Crippen MR) is 57.5 cm³/mol. The first-order valence-electron chi connectivity index (χ1n) is 5.61. The molecule has 0 spiro atoms. The fraction of sp³-hybridized carbons (Fsp3) is 1.00. The summed E-state index contributed by atoms with van der Waals surface area (Å²) in [7, 11) is 2.40. The van der Waals surface area contributed by atoms with Gasteiger partial charge in [0.1, 0.15) is 12.7 Å². The van der Waals surface area contributed by atoms with Gasteiger partial charge in [0.15, 0.2) is 0 Å². The van der Waals surface area contributed by atoms with Gasteiger partial charge in [0.25, 0.3) is 0 Å². The molecule has 0 saturated carbocycles. The van der Waals surface area contributed by atoms with Gasteiger partial charge in [-0.05, 0) is 27.2 Å². The molecule has 1 heterocycles. The van der Waals surface area contributed by atoms with Gasteiger partial charge in [-0.1, -0.05) is 6.92 Å². The molecule has 0 aromatic heterocycles. The highest BCUT2D eigenvalue weighted by Gasteiger charge is 2.40. The van der Waals surface area contributed by atoms with Gasteiger partial charge in [-0.25, -0.2) is 4.90 Å². The molecule has 1 aliphatic rings. The van der Waals surface area contributed by atoms with Gasteiger partial charge in [0, 0.05) is 6.04 Å². The largest absolute Gasteiger partial charge is 0.310 e. The lowest BCUT2D eigenvalue weighted by Gasteiger charge is -2.34. The van der Waals surface area contributed by atoms with Crippen LogP contribution in [0.1, 0.15) is 34.1 Å². The van der Waals surface area contributed by atoms with E-state index in [2.05, 4.69) is 39.6 Å². The second-order valence-electron chi connectivity index (χ2n) is 4.86. The van der Waals surface area contributed by atoms with Gasteiger partial charge in [-0.15, -0.1) is 0 Å². The summed E-state index contributed by atoms with van der Waals surface area (Å²) in [5, 5.41) is 0. The molecule has 1 rings (SSSR count). The topological polar surface area (TPSA) is 3.24 Å². The van der Waals surface area contributed by atoms with Crippen molar-refractivity contribution in [3.8, 4) is 0 Å². The molecule has 78 valence electrons. The van der Waals surface area contributed by atoms with Crippen molar-refractivity contribution in [2.45, 2.75) is 46.2 Å². The van der Waals surface area contributed by atoms with Crippen molar-refractivity contribution in [3.05, 3.63) is 0 Å². The second kappa shape index (κ2) is 3.97. The van der Waals surface area contributed by atoms with E-state index in [4.69, 9.17) is 0 Å². The summed E-state index contributed by atoms with van der Waals surface area (Å²) in [4.78, 5) is 2.61. The van der Waals surface area contributed by atoms with Crippen LogP contribution in [0, 0.1) is 0 Å². The van der Waals surface area contributed by atoms with Crippen molar-refractivity contribution < 1.29 is 4.48 Å². The van der Waals surface area contributed by atoms with Crippen LogP contribution in [-0.2, 0) is 0 Å². The molecule has 2 nitrogen and oxygen atoms in total. The van der Waals surface area contributed by atoms with E-state index in [1.807, 2.05) is 0 Å². The molecule has 1 saturated heterocycles. The summed E-state index contributed by atoms with van der Waals surface area (Å²) in [5.41, 5.74) is 0. The minimum Gasteiger partial charge on any atom is -0.310 e. The molecule has 1 aliphatic heterocycles. The van der Waals surface area contributed by atoms with E-state index in [1.54, 1.807) is 0 Å². The van der Waals surface area contributed by atoms with Crippen LogP contribution in [0.5, 0.6) is 0 Å². The van der Waals surface area contributed by atoms with Gasteiger partial charge in [-0.3, -0.25) is 0 Å². The molecule has 1 fully saturated rings. The Labute approximate surface area is 83.1 Å². The van der Waals surface area contributed by atoms with E-state index in [0.29, 0.717) is 6.04 Å². The Balaban J connectivity index is 2.66. The number of likely N-dealkylation sites (N-methyl/N-ethyl adjacent to an activating group) is 1. The molecule has 2 atom stereocenters. The number of nitrogens with zero attached hydrogens (tertiary/aromatic N) is 2. The second-order valence-corrected chi connectivity index (χ2v) is 4.86. The normalized spacial score (nSPS) is 36.0. The third-order valence-corrected chi connectivity index (χ3v) is 3.76. The molecule has 0 N–H and O–H groups in total. The molecule has 0 aromatic rings. The van der Waals surface area contributed by atoms with E-state index in [1.165, 1.54) is 30.7 Å². The number of hydrogen-bond acceptors (Lipinski definition) is 1. The molecule has 0 aliphatic carbocycles. The first kappa shape index (κ1) is 11.0. The maximum Gasteiger partial charge on any atom is 0.135 e. The van der Waals surface area contributed by atoms with E-state index >= 15 is 0 Å². The Hall–Kier alpha value is -0.0800. The molecule has 2 heteroatoms. The fourth-order valence-electron chi connectivity index (χ4n) is 2.36. The van der Waals surface area contributed by atoms with E-state index in [9.17, 15) is 0 Å². The first-order valence-corrected chi connectivity index (χ1v) is 5.61. The lowest BCUT2D eigenvalue weighted by molar-refractivity contribution is -0.923. The number of quaternary nitrogens is 1. The van der Waals surface area contributed by atoms with Crippen molar-refractivity contribution >= 4 is 0 Å². The number of rotatable bonds is 3. The standard InChI is InChI=1S/C11H25N2/c1-6-11-8-12(10(3)4)9-13(11,5)7-2/h10-11H,6-9H2,1-5H3/q+1/t11?,13-/m0/s1. The van der Waals surface area contributed by atoms with Gasteiger partial charge in [-0.2, -0.15) is 0 Å². The van der Waals surface area contributed by atoms with Gasteiger partial charge < -0.3 is 4.48 Å². The van der Waals surface area contributed by atoms with E-state index in [0.717, 1.165) is 6.04 Å². The van der Waals surface area contributed by atoms with Crippen LogP contribution < -0.4 is 0 Å². The smallest absolute Gasteiger partial charge is 0.135 e. The minimum absolute atomic E-state index is 0.709. The van der Waals surface area contributed by atoms with Crippen LogP contribution in [0.4, 0.5) is 0 Å². The van der Waals surface area contributed by atoms with Crippen LogP contribution in [-0.4, -0.2) is 48.3 Å². The molecule has 0 bridgehead atoms. The fourth-order valence-corrected chi connectivity index (χ4v) is 2.36. The quantitative estimate of drug-likeness (QED) is 0.607. The van der Waals surface area contributed by atoms with Crippen LogP contribution in [0.15, 0.2) is 0 Å². The summed E-state index contributed by atoms with van der Waals surface area (Å²) < 4.78 is 1.24. The number of hydrogen-bond donors (Lipinski definition) is 0. The molecule has 0 radical (unpaired) electrons. The molecular weight excluding hydrogens is 160 g/mol. The molecular formula is C11H25N2+. The van der Waals surface area contributed by atoms with Gasteiger partial charge in [0.2, 0.25) is 0 Å². The highest BCUT2D eigenvalue weighted by atomic mass is 15.5. The summed E-state index contributed by atoms with van der Waals surface area (Å²) >= 11 is 0. The zero-order chi connectivity index (χ0) is 10.1. The first-order chi connectivity index (χ1) is 6.03. The van der Waals surface area contributed by atoms with E-state index < -0.39 is 0 Å². The molecule has 1 unspecified atom stereocenters. The zero-order valence-corrected chi connectivity index (χ0v) is 9.88. The summed E-state index contributed by atoms with van der Waals surface area (Å²) in [6.07, 6.45) is 1.31. The van der Waals surface area contributed by atoms with Crippen molar-refractivity contribution in [2.75, 3.05) is 26.8 Å². The molecule has 13 heavy (non-hydrogen) atoms. The maximum absolute atomic E-state index is 2.61. The maximum atomic E-state index is 2.61. The highest BCUT2D eigenvalue weighted by molar-refractivity contribution is 4.73. The SMILES string of the molecule is CCC1CN(C(C)C)C[N@+]1(C)CC. The predicted octanol–water partition coefficient (Wildman–Crippen LogP) is 1.91. The summed E-state index contributed by atoms with van der Waals surface area (Å²) in [5.74, 6) is 0. The van der Waals surface area contributed by atoms with Gasteiger partial charge >= 0.3 is 0 Å². The average Bonchev–Trinajstić information content (AvgIpc) is 2.44. The van der Waals surface area contributed by atoms with Crippen molar-refractivity contribution in [1.29, 1.82) is 0 Å². The van der Waals surface area contributed by atoms with Crippen LogP contribution in [0.25, 0.3) is 0 Å². The molecule has 0 aromatic carbocycles. The lowest BCUT2D eigenvalue weighted by atomic mass is 10.2. The van der Waals surface area contributed by atoms with Crippen molar-refractivity contribution in [2.24, 2.45) is 0 Å². The van der Waals surface area contributed by atoms with E-state index in [-0.39, 0.29) is 0 Å². The van der Waals surface area contributed by atoms with Crippen molar-refractivity contribution in [3.63, 3.8) is 0 Å². The lowest BCUT2D eigenvalue weighted by Crippen LogP contribution is -2.49. The molecule has 0 amide bonds. The van der Waals surface area contributed by atoms with Crippen LogP contribution in [0.3, 0.4) is 0 Å². The third-order valence-electron chi connectivity index (χ3n) is 3.76. The van der Waals surface area contributed by atoms with Gasteiger partial charge in [0.05, 0.1) is 20.1 Å². The summed E-state index contributed by atoms with van der Waals surface area (Å²) in [6, 6.07) is 1.56. The average molecular weight is 185 g/mol. The Morgan fingerprint density at radius 3 is 2.31 bits per heavy atom. The Bertz CT molecular complexity index is 167. The Morgan fingerprint density at radius 2 is 2.00 bits per heavy atom. The van der Waals surface area contributed by atoms with Crippen molar-refractivity contribution in [1.82, 2.24) is 4.90 Å². The Morgan fingerprint density at radius 1 is 1.38 bits per heavy atom. The minimum atomic E-state index is 0.709. The zero-order valence-electron chi connectivity index (χ0n) is 9.88. The Kier molecular flexibility index (Phi) is 3.36. The monoisotopic (exact) mass is 185 g/mol. The van der Waals surface area contributed by atoms with Crippen LogP contribution >= 0.6 is 0 Å². The van der Waals surface area contributed by atoms with Crippen LogP contribution in [0.2, 0.25) is 0 Å².